The number of nitrogens with one attached hydrogen (secondary N) is 2. The lowest BCUT2D eigenvalue weighted by Gasteiger charge is -2.05. The number of aromatic amines is 1. The Labute approximate surface area is 129 Å². The summed E-state index contributed by atoms with van der Waals surface area (Å²) < 4.78 is 12.8. The highest BCUT2D eigenvalue weighted by Crippen LogP contribution is 2.18. The number of rotatable bonds is 5. The largest absolute Gasteiger partial charge is 0.354 e. The van der Waals surface area contributed by atoms with E-state index in [1.807, 2.05) is 17.5 Å². The topological polar surface area (TPSA) is 70.7 Å². The van der Waals surface area contributed by atoms with Gasteiger partial charge >= 0.3 is 0 Å². The summed E-state index contributed by atoms with van der Waals surface area (Å²) in [5, 5.41) is 12.8. The molecule has 0 radical (unpaired) electrons. The third-order valence-electron chi connectivity index (χ3n) is 3.07. The van der Waals surface area contributed by atoms with E-state index in [4.69, 9.17) is 0 Å². The summed E-state index contributed by atoms with van der Waals surface area (Å²) in [5.74, 6) is 0.0727. The van der Waals surface area contributed by atoms with E-state index in [1.54, 1.807) is 12.1 Å². The standard InChI is InChI=1S/C15H13FN4OS/c16-11-5-3-10(4-6-11)7-8-17-15-18-14(21)13(19-20-15)12-2-1-9-22-12/h1-6,9H,7-8H2,(H2,17,18,20,21). The van der Waals surface area contributed by atoms with Crippen molar-refractivity contribution in [2.75, 3.05) is 11.9 Å². The van der Waals surface area contributed by atoms with Gasteiger partial charge in [0.05, 0.1) is 4.88 Å². The van der Waals surface area contributed by atoms with Gasteiger partial charge in [0.1, 0.15) is 5.82 Å². The zero-order valence-electron chi connectivity index (χ0n) is 11.5. The Hall–Kier alpha value is -2.54. The van der Waals surface area contributed by atoms with Crippen LogP contribution in [-0.2, 0) is 6.42 Å². The van der Waals surface area contributed by atoms with Gasteiger partial charge in [-0.15, -0.1) is 21.5 Å². The zero-order chi connectivity index (χ0) is 15.4. The van der Waals surface area contributed by atoms with E-state index in [0.29, 0.717) is 24.6 Å². The maximum atomic E-state index is 12.8. The fourth-order valence-electron chi connectivity index (χ4n) is 1.97. The molecule has 0 aliphatic carbocycles. The number of hydrogen-bond donors (Lipinski definition) is 2. The summed E-state index contributed by atoms with van der Waals surface area (Å²) >= 11 is 1.44. The summed E-state index contributed by atoms with van der Waals surface area (Å²) in [7, 11) is 0. The Balaban J connectivity index is 1.63. The second-order valence-electron chi connectivity index (χ2n) is 4.63. The fraction of sp³-hybridized carbons (Fsp3) is 0.133. The molecule has 7 heteroatoms. The number of halogens is 1. The van der Waals surface area contributed by atoms with Gasteiger partial charge < -0.3 is 5.32 Å². The molecule has 3 aromatic rings. The fourth-order valence-corrected chi connectivity index (χ4v) is 2.67. The Kier molecular flexibility index (Phi) is 4.24. The number of nitrogens with zero attached hydrogens (tertiary/aromatic N) is 2. The second kappa shape index (κ2) is 6.48. The monoisotopic (exact) mass is 316 g/mol. The zero-order valence-corrected chi connectivity index (χ0v) is 12.4. The lowest BCUT2D eigenvalue weighted by molar-refractivity contribution is 0.627. The second-order valence-corrected chi connectivity index (χ2v) is 5.58. The van der Waals surface area contributed by atoms with Crippen molar-refractivity contribution in [3.05, 3.63) is 63.5 Å². The van der Waals surface area contributed by atoms with Crippen LogP contribution in [0.15, 0.2) is 46.6 Å². The van der Waals surface area contributed by atoms with Crippen LogP contribution in [0.1, 0.15) is 5.56 Å². The van der Waals surface area contributed by atoms with Gasteiger partial charge in [0.25, 0.3) is 5.56 Å². The van der Waals surface area contributed by atoms with Crippen LogP contribution in [0.3, 0.4) is 0 Å². The van der Waals surface area contributed by atoms with Crippen LogP contribution in [0.5, 0.6) is 0 Å². The van der Waals surface area contributed by atoms with Crippen LogP contribution >= 0.6 is 11.3 Å². The van der Waals surface area contributed by atoms with Crippen LogP contribution in [0.4, 0.5) is 10.3 Å². The van der Waals surface area contributed by atoms with Crippen molar-refractivity contribution < 1.29 is 4.39 Å². The minimum atomic E-state index is -0.276. The number of hydrogen-bond acceptors (Lipinski definition) is 5. The Bertz CT molecular complexity index is 799. The molecule has 22 heavy (non-hydrogen) atoms. The van der Waals surface area contributed by atoms with Crippen molar-refractivity contribution in [3.63, 3.8) is 0 Å². The predicted octanol–water partition coefficient (Wildman–Crippen LogP) is 2.69. The van der Waals surface area contributed by atoms with Crippen molar-refractivity contribution in [1.29, 1.82) is 0 Å². The van der Waals surface area contributed by atoms with Crippen LogP contribution in [0.25, 0.3) is 10.6 Å². The van der Waals surface area contributed by atoms with Crippen LogP contribution in [0.2, 0.25) is 0 Å². The molecule has 0 aliphatic heterocycles. The number of H-pyrrole nitrogens is 1. The first-order chi connectivity index (χ1) is 10.7. The molecule has 0 saturated carbocycles. The molecule has 0 saturated heterocycles. The highest BCUT2D eigenvalue weighted by atomic mass is 32.1. The van der Waals surface area contributed by atoms with Gasteiger partial charge in [-0.25, -0.2) is 4.39 Å². The molecule has 0 aliphatic rings. The molecule has 1 aromatic carbocycles. The average Bonchev–Trinajstić information content (AvgIpc) is 3.03. The molecule has 0 spiro atoms. The van der Waals surface area contributed by atoms with E-state index >= 15 is 0 Å². The quantitative estimate of drug-likeness (QED) is 0.759. The smallest absolute Gasteiger partial charge is 0.279 e. The van der Waals surface area contributed by atoms with Crippen LogP contribution < -0.4 is 10.9 Å². The van der Waals surface area contributed by atoms with E-state index in [1.165, 1.54) is 23.5 Å². The minimum absolute atomic E-state index is 0.254. The molecule has 5 nitrogen and oxygen atoms in total. The molecule has 0 amide bonds. The molecule has 3 rings (SSSR count). The highest BCUT2D eigenvalue weighted by Gasteiger charge is 2.08. The first-order valence-electron chi connectivity index (χ1n) is 6.71. The molecule has 2 N–H and O–H groups in total. The molecular formula is C15H13FN4OS. The van der Waals surface area contributed by atoms with Crippen molar-refractivity contribution in [1.82, 2.24) is 15.2 Å². The van der Waals surface area contributed by atoms with Gasteiger partial charge in [0.15, 0.2) is 5.69 Å². The number of anilines is 1. The normalized spacial score (nSPS) is 10.6. The molecule has 0 fully saturated rings. The first kappa shape index (κ1) is 14.4. The lowest BCUT2D eigenvalue weighted by Crippen LogP contribution is -2.17. The minimum Gasteiger partial charge on any atom is -0.354 e. The van der Waals surface area contributed by atoms with Gasteiger partial charge in [-0.2, -0.15) is 0 Å². The third-order valence-corrected chi connectivity index (χ3v) is 3.95. The molecule has 2 heterocycles. The van der Waals surface area contributed by atoms with E-state index in [0.717, 1.165) is 10.4 Å². The highest BCUT2D eigenvalue weighted by molar-refractivity contribution is 7.13. The lowest BCUT2D eigenvalue weighted by atomic mass is 10.1. The number of aromatic nitrogens is 3. The van der Waals surface area contributed by atoms with Gasteiger partial charge in [-0.1, -0.05) is 18.2 Å². The van der Waals surface area contributed by atoms with E-state index < -0.39 is 0 Å². The summed E-state index contributed by atoms with van der Waals surface area (Å²) in [5.41, 5.74) is 1.04. The van der Waals surface area contributed by atoms with Crippen molar-refractivity contribution >= 4 is 17.3 Å². The van der Waals surface area contributed by atoms with Crippen molar-refractivity contribution in [2.24, 2.45) is 0 Å². The first-order valence-corrected chi connectivity index (χ1v) is 7.59. The molecule has 0 atom stereocenters. The number of benzene rings is 1. The third kappa shape index (κ3) is 3.37. The van der Waals surface area contributed by atoms with E-state index in [2.05, 4.69) is 20.5 Å². The van der Waals surface area contributed by atoms with Crippen molar-refractivity contribution in [2.45, 2.75) is 6.42 Å². The summed E-state index contributed by atoms with van der Waals surface area (Å²) in [6.07, 6.45) is 0.691. The SMILES string of the molecule is O=c1[nH]c(NCCc2ccc(F)cc2)nnc1-c1cccs1. The van der Waals surface area contributed by atoms with E-state index in [9.17, 15) is 9.18 Å². The maximum Gasteiger partial charge on any atom is 0.279 e. The van der Waals surface area contributed by atoms with Gasteiger partial charge in [0.2, 0.25) is 5.95 Å². The van der Waals surface area contributed by atoms with Gasteiger partial charge in [0, 0.05) is 6.54 Å². The van der Waals surface area contributed by atoms with Gasteiger partial charge in [-0.3, -0.25) is 9.78 Å². The molecule has 2 aromatic heterocycles. The number of thiophene rings is 1. The van der Waals surface area contributed by atoms with E-state index in [-0.39, 0.29) is 11.4 Å². The van der Waals surface area contributed by atoms with Crippen molar-refractivity contribution in [3.8, 4) is 10.6 Å². The Morgan fingerprint density at radius 3 is 2.68 bits per heavy atom. The summed E-state index contributed by atoms with van der Waals surface area (Å²) in [4.78, 5) is 15.4. The molecule has 0 bridgehead atoms. The average molecular weight is 316 g/mol. The summed E-state index contributed by atoms with van der Waals surface area (Å²) in [6.45, 7) is 0.564. The molecular weight excluding hydrogens is 303 g/mol. The molecule has 0 unspecified atom stereocenters. The van der Waals surface area contributed by atoms with Crippen LogP contribution in [0, 0.1) is 5.82 Å². The van der Waals surface area contributed by atoms with Gasteiger partial charge in [-0.05, 0) is 35.6 Å². The van der Waals surface area contributed by atoms with Crippen LogP contribution in [-0.4, -0.2) is 21.7 Å². The Morgan fingerprint density at radius 1 is 1.18 bits per heavy atom. The molecule has 112 valence electrons. The Morgan fingerprint density at radius 2 is 2.00 bits per heavy atom. The maximum absolute atomic E-state index is 12.8. The predicted molar refractivity (Wildman–Crippen MR) is 84.6 cm³/mol. The summed E-state index contributed by atoms with van der Waals surface area (Å²) in [6, 6.07) is 9.98.